The van der Waals surface area contributed by atoms with Gasteiger partial charge in [-0.1, -0.05) is 115 Å². The van der Waals surface area contributed by atoms with Crippen LogP contribution in [0, 0.1) is 11.9 Å². The summed E-state index contributed by atoms with van der Waals surface area (Å²) in [6.45, 7) is 0. The average molecular weight is 595 g/mol. The first-order chi connectivity index (χ1) is 22.6. The molecule has 0 N–H and O–H groups in total. The average Bonchev–Trinajstić information content (AvgIpc) is 3.10. The molecule has 4 heteroatoms. The topological polar surface area (TPSA) is 25.8 Å². The van der Waals surface area contributed by atoms with Crippen LogP contribution in [0.4, 0.5) is 8.78 Å². The fourth-order valence-electron chi connectivity index (χ4n) is 7.00. The van der Waals surface area contributed by atoms with Gasteiger partial charge in [0, 0.05) is 21.7 Å². The molecule has 0 atom stereocenters. The molecule has 2 heterocycles. The van der Waals surface area contributed by atoms with Crippen molar-refractivity contribution in [3.8, 4) is 33.4 Å². The second-order valence-corrected chi connectivity index (χ2v) is 11.6. The predicted molar refractivity (Wildman–Crippen MR) is 186 cm³/mol. The van der Waals surface area contributed by atoms with Gasteiger partial charge < -0.3 is 0 Å². The molecule has 0 amide bonds. The van der Waals surface area contributed by atoms with Crippen LogP contribution in [0.25, 0.3) is 87.5 Å². The number of halogens is 2. The number of para-hydroxylation sites is 1. The van der Waals surface area contributed by atoms with Crippen molar-refractivity contribution in [3.63, 3.8) is 0 Å². The SMILES string of the molecule is Fc1ccc(-c2ccc(-c3c4ccccc4c(-c4cc5cc6ccccc6nc5c5ccccc45)c4ccccc34)cc2)c(F)n1. The molecular weight excluding hydrogens is 570 g/mol. The Morgan fingerprint density at radius 2 is 0.957 bits per heavy atom. The van der Waals surface area contributed by atoms with Crippen molar-refractivity contribution in [2.45, 2.75) is 0 Å². The summed E-state index contributed by atoms with van der Waals surface area (Å²) in [6.07, 6.45) is 0. The Hall–Kier alpha value is -6.00. The van der Waals surface area contributed by atoms with Crippen LogP contribution in [0.3, 0.4) is 0 Å². The number of rotatable bonds is 3. The number of fused-ring (bicyclic) bond motifs is 6. The molecule has 0 fully saturated rings. The second-order valence-electron chi connectivity index (χ2n) is 11.6. The lowest BCUT2D eigenvalue weighted by Crippen LogP contribution is -1.94. The monoisotopic (exact) mass is 594 g/mol. The summed E-state index contributed by atoms with van der Waals surface area (Å²) < 4.78 is 28.0. The normalized spacial score (nSPS) is 11.7. The quantitative estimate of drug-likeness (QED) is 0.116. The van der Waals surface area contributed by atoms with Gasteiger partial charge in [-0.25, -0.2) is 4.98 Å². The first-order valence-electron chi connectivity index (χ1n) is 15.2. The van der Waals surface area contributed by atoms with Crippen LogP contribution in [0.2, 0.25) is 0 Å². The van der Waals surface area contributed by atoms with Crippen molar-refractivity contribution in [1.82, 2.24) is 9.97 Å². The minimum absolute atomic E-state index is 0.267. The third-order valence-electron chi connectivity index (χ3n) is 9.03. The van der Waals surface area contributed by atoms with Gasteiger partial charge in [0.25, 0.3) is 0 Å². The number of aromatic nitrogens is 2. The summed E-state index contributed by atoms with van der Waals surface area (Å²) in [6, 6.07) is 48.8. The molecule has 2 nitrogen and oxygen atoms in total. The maximum Gasteiger partial charge on any atom is 0.223 e. The lowest BCUT2D eigenvalue weighted by molar-refractivity contribution is 0.515. The van der Waals surface area contributed by atoms with Gasteiger partial charge in [0.05, 0.1) is 11.0 Å². The van der Waals surface area contributed by atoms with Gasteiger partial charge in [-0.2, -0.15) is 13.8 Å². The van der Waals surface area contributed by atoms with E-state index in [1.807, 2.05) is 30.3 Å². The third kappa shape index (κ3) is 4.07. The molecule has 0 aliphatic carbocycles. The fourth-order valence-corrected chi connectivity index (χ4v) is 7.00. The lowest BCUT2D eigenvalue weighted by Gasteiger charge is -2.19. The number of benzene rings is 7. The van der Waals surface area contributed by atoms with Crippen LogP contribution < -0.4 is 0 Å². The Labute approximate surface area is 263 Å². The minimum atomic E-state index is -0.834. The van der Waals surface area contributed by atoms with E-state index in [1.54, 1.807) is 0 Å². The Balaban J connectivity index is 1.34. The minimum Gasteiger partial charge on any atom is -0.247 e. The predicted octanol–water partition coefficient (Wildman–Crippen LogP) is 11.5. The Morgan fingerprint density at radius 3 is 1.63 bits per heavy atom. The molecule has 0 bridgehead atoms. The number of hydrogen-bond acceptors (Lipinski definition) is 2. The van der Waals surface area contributed by atoms with E-state index in [4.69, 9.17) is 4.98 Å². The molecule has 9 rings (SSSR count). The molecule has 7 aromatic carbocycles. The van der Waals surface area contributed by atoms with Crippen molar-refractivity contribution >= 4 is 54.1 Å². The molecule has 0 unspecified atom stereocenters. The van der Waals surface area contributed by atoms with E-state index in [-0.39, 0.29) is 5.56 Å². The van der Waals surface area contributed by atoms with Crippen LogP contribution in [-0.4, -0.2) is 9.97 Å². The highest BCUT2D eigenvalue weighted by Gasteiger charge is 2.19. The fraction of sp³-hybridized carbons (Fsp3) is 0. The Morgan fingerprint density at radius 1 is 0.391 bits per heavy atom. The van der Waals surface area contributed by atoms with E-state index in [0.717, 1.165) is 70.8 Å². The summed E-state index contributed by atoms with van der Waals surface area (Å²) in [7, 11) is 0. The van der Waals surface area contributed by atoms with Crippen LogP contribution in [-0.2, 0) is 0 Å². The molecule has 2 aromatic heterocycles. The van der Waals surface area contributed by atoms with Crippen LogP contribution >= 0.6 is 0 Å². The molecule has 9 aromatic rings. The molecule has 0 saturated heterocycles. The summed E-state index contributed by atoms with van der Waals surface area (Å²) in [4.78, 5) is 8.48. The highest BCUT2D eigenvalue weighted by atomic mass is 19.1. The highest BCUT2D eigenvalue weighted by Crippen LogP contribution is 2.46. The third-order valence-corrected chi connectivity index (χ3v) is 9.03. The summed E-state index contributed by atoms with van der Waals surface area (Å²) in [5, 5.41) is 9.03. The first-order valence-corrected chi connectivity index (χ1v) is 15.2. The van der Waals surface area contributed by atoms with Crippen molar-refractivity contribution < 1.29 is 8.78 Å². The molecule has 0 aliphatic heterocycles. The molecular formula is C42H24F2N2. The van der Waals surface area contributed by atoms with Crippen molar-refractivity contribution in [2.24, 2.45) is 0 Å². The maximum atomic E-state index is 14.5. The largest absolute Gasteiger partial charge is 0.247 e. The number of pyridine rings is 2. The van der Waals surface area contributed by atoms with E-state index in [2.05, 4.69) is 108 Å². The van der Waals surface area contributed by atoms with Crippen molar-refractivity contribution in [2.75, 3.05) is 0 Å². The smallest absolute Gasteiger partial charge is 0.223 e. The molecule has 0 aliphatic rings. The van der Waals surface area contributed by atoms with Crippen LogP contribution in [0.1, 0.15) is 0 Å². The van der Waals surface area contributed by atoms with E-state index in [1.165, 1.54) is 17.7 Å². The van der Waals surface area contributed by atoms with Gasteiger partial charge in [0.15, 0.2) is 0 Å². The zero-order chi connectivity index (χ0) is 30.8. The standard InChI is InChI=1S/C42H24F2N2/c43-38-22-21-29(42(44)46-38)25-17-19-26(20-18-25)39-31-11-3-5-13-33(31)40(34-14-6-4-12-32(34)39)36-24-28-23-27-9-1-8-16-37(27)45-41(28)35-15-7-2-10-30(35)36/h1-24H. The van der Waals surface area contributed by atoms with E-state index in [9.17, 15) is 8.78 Å². The van der Waals surface area contributed by atoms with E-state index < -0.39 is 11.9 Å². The van der Waals surface area contributed by atoms with Crippen molar-refractivity contribution in [3.05, 3.63) is 157 Å². The highest BCUT2D eigenvalue weighted by molar-refractivity contribution is 6.25. The van der Waals surface area contributed by atoms with Crippen LogP contribution in [0.5, 0.6) is 0 Å². The van der Waals surface area contributed by atoms with Gasteiger partial charge in [-0.05, 0) is 85.1 Å². The van der Waals surface area contributed by atoms with Gasteiger partial charge >= 0.3 is 0 Å². The molecule has 0 saturated carbocycles. The Bertz CT molecular complexity index is 2600. The number of hydrogen-bond donors (Lipinski definition) is 0. The molecule has 46 heavy (non-hydrogen) atoms. The maximum absolute atomic E-state index is 14.5. The van der Waals surface area contributed by atoms with Gasteiger partial charge in [0.2, 0.25) is 11.9 Å². The Kier molecular flexibility index (Phi) is 5.90. The molecule has 0 spiro atoms. The van der Waals surface area contributed by atoms with Crippen LogP contribution in [0.15, 0.2) is 146 Å². The zero-order valence-electron chi connectivity index (χ0n) is 24.5. The van der Waals surface area contributed by atoms with Gasteiger partial charge in [-0.3, -0.25) is 0 Å². The van der Waals surface area contributed by atoms with Gasteiger partial charge in [0.1, 0.15) is 0 Å². The van der Waals surface area contributed by atoms with Crippen molar-refractivity contribution in [1.29, 1.82) is 0 Å². The zero-order valence-corrected chi connectivity index (χ0v) is 24.5. The molecule has 0 radical (unpaired) electrons. The summed E-state index contributed by atoms with van der Waals surface area (Å²) in [5.41, 5.74) is 7.35. The van der Waals surface area contributed by atoms with E-state index in [0.29, 0.717) is 5.56 Å². The second kappa shape index (κ2) is 10.3. The molecule has 216 valence electrons. The first kappa shape index (κ1) is 26.4. The van der Waals surface area contributed by atoms with Gasteiger partial charge in [-0.15, -0.1) is 0 Å². The van der Waals surface area contributed by atoms with E-state index >= 15 is 0 Å². The summed E-state index contributed by atoms with van der Waals surface area (Å²) in [5.74, 6) is -1.65. The number of nitrogens with zero attached hydrogens (tertiary/aromatic N) is 2. The summed E-state index contributed by atoms with van der Waals surface area (Å²) >= 11 is 0. The lowest BCUT2D eigenvalue weighted by atomic mass is 9.84.